The zero-order valence-corrected chi connectivity index (χ0v) is 8.56. The van der Waals surface area contributed by atoms with Crippen LogP contribution in [0.15, 0.2) is 23.3 Å². The number of hydrogen-bond acceptors (Lipinski definition) is 2. The van der Waals surface area contributed by atoms with Crippen molar-refractivity contribution in [3.63, 3.8) is 0 Å². The van der Waals surface area contributed by atoms with Crippen LogP contribution < -0.4 is 5.43 Å². The lowest BCUT2D eigenvalue weighted by Crippen LogP contribution is -2.22. The fourth-order valence-electron chi connectivity index (χ4n) is 1.12. The SMILES string of the molecule is C=NNC(=O)c1c(Cl)cccc1C(F)(F)F. The summed E-state index contributed by atoms with van der Waals surface area (Å²) in [4.78, 5) is 11.3. The average molecular weight is 251 g/mol. The van der Waals surface area contributed by atoms with Gasteiger partial charge in [0.2, 0.25) is 0 Å². The standard InChI is InChI=1S/C9H6ClF3N2O/c1-14-15-8(16)7-5(9(11,12)13)3-2-4-6(7)10/h2-4H,1H2,(H,15,16). The highest BCUT2D eigenvalue weighted by atomic mass is 35.5. The van der Waals surface area contributed by atoms with E-state index in [0.717, 1.165) is 12.1 Å². The third kappa shape index (κ3) is 2.52. The first-order chi connectivity index (χ1) is 7.38. The van der Waals surface area contributed by atoms with Crippen molar-refractivity contribution in [3.8, 4) is 0 Å². The molecular weight excluding hydrogens is 245 g/mol. The zero-order chi connectivity index (χ0) is 12.3. The molecule has 1 aromatic carbocycles. The second kappa shape index (κ2) is 4.52. The van der Waals surface area contributed by atoms with Crippen LogP contribution in [-0.4, -0.2) is 12.6 Å². The molecule has 0 radical (unpaired) electrons. The van der Waals surface area contributed by atoms with E-state index >= 15 is 0 Å². The average Bonchev–Trinajstić information content (AvgIpc) is 2.16. The number of nitrogens with one attached hydrogen (secondary N) is 1. The van der Waals surface area contributed by atoms with Gasteiger partial charge in [-0.2, -0.15) is 18.3 Å². The Bertz CT molecular complexity index is 431. The second-order valence-electron chi connectivity index (χ2n) is 2.76. The van der Waals surface area contributed by atoms with Gasteiger partial charge in [-0.05, 0) is 12.1 Å². The first-order valence-electron chi connectivity index (χ1n) is 3.99. The minimum absolute atomic E-state index is 0.295. The minimum atomic E-state index is -4.65. The largest absolute Gasteiger partial charge is 0.417 e. The van der Waals surface area contributed by atoms with Crippen LogP contribution >= 0.6 is 11.6 Å². The van der Waals surface area contributed by atoms with Crippen LogP contribution in [0.1, 0.15) is 15.9 Å². The quantitative estimate of drug-likeness (QED) is 0.636. The highest BCUT2D eigenvalue weighted by Gasteiger charge is 2.36. The number of carbonyl (C=O) groups excluding carboxylic acids is 1. The summed E-state index contributed by atoms with van der Waals surface area (Å²) in [5, 5.41) is 2.71. The summed E-state index contributed by atoms with van der Waals surface area (Å²) in [5.74, 6) is -1.05. The number of nitrogens with zero attached hydrogens (tertiary/aromatic N) is 1. The Morgan fingerprint density at radius 2 is 2.06 bits per heavy atom. The van der Waals surface area contributed by atoms with Crippen LogP contribution in [0.25, 0.3) is 0 Å². The third-order valence-electron chi connectivity index (χ3n) is 1.73. The molecule has 0 spiro atoms. The van der Waals surface area contributed by atoms with Crippen molar-refractivity contribution < 1.29 is 18.0 Å². The lowest BCUT2D eigenvalue weighted by atomic mass is 10.1. The van der Waals surface area contributed by atoms with Gasteiger partial charge in [-0.15, -0.1) is 0 Å². The van der Waals surface area contributed by atoms with Gasteiger partial charge in [0.1, 0.15) is 0 Å². The molecule has 1 rings (SSSR count). The number of carbonyl (C=O) groups is 1. The lowest BCUT2D eigenvalue weighted by Gasteiger charge is -2.12. The third-order valence-corrected chi connectivity index (χ3v) is 2.04. The summed E-state index contributed by atoms with van der Waals surface area (Å²) in [6.07, 6.45) is -4.65. The van der Waals surface area contributed by atoms with Gasteiger partial charge in [-0.3, -0.25) is 4.79 Å². The molecule has 0 bridgehead atoms. The molecule has 0 heterocycles. The Kier molecular flexibility index (Phi) is 3.54. The predicted molar refractivity (Wildman–Crippen MR) is 53.5 cm³/mol. The van der Waals surface area contributed by atoms with Crippen molar-refractivity contribution in [3.05, 3.63) is 34.3 Å². The Morgan fingerprint density at radius 1 is 1.44 bits per heavy atom. The van der Waals surface area contributed by atoms with Crippen LogP contribution in [-0.2, 0) is 6.18 Å². The Hall–Kier alpha value is -1.56. The number of alkyl halides is 3. The molecule has 7 heteroatoms. The Labute approximate surface area is 93.9 Å². The number of hydrogen-bond donors (Lipinski definition) is 1. The molecule has 16 heavy (non-hydrogen) atoms. The summed E-state index contributed by atoms with van der Waals surface area (Å²) in [6, 6.07) is 3.07. The summed E-state index contributed by atoms with van der Waals surface area (Å²) in [5.41, 5.74) is 0.0327. The number of amides is 1. The molecule has 86 valence electrons. The van der Waals surface area contributed by atoms with Crippen molar-refractivity contribution in [2.24, 2.45) is 5.10 Å². The van der Waals surface area contributed by atoms with Gasteiger partial charge in [0.15, 0.2) is 0 Å². The summed E-state index contributed by atoms with van der Waals surface area (Å²) < 4.78 is 37.6. The smallest absolute Gasteiger partial charge is 0.267 e. The molecule has 0 aliphatic carbocycles. The maximum atomic E-state index is 12.5. The topological polar surface area (TPSA) is 41.5 Å². The zero-order valence-electron chi connectivity index (χ0n) is 7.81. The van der Waals surface area contributed by atoms with Gasteiger partial charge in [0.05, 0.1) is 16.1 Å². The molecule has 0 unspecified atom stereocenters. The van der Waals surface area contributed by atoms with Gasteiger partial charge in [0, 0.05) is 6.72 Å². The summed E-state index contributed by atoms with van der Waals surface area (Å²) in [6.45, 7) is 2.94. The van der Waals surface area contributed by atoms with Gasteiger partial charge in [-0.1, -0.05) is 17.7 Å². The number of halogens is 4. The van der Waals surface area contributed by atoms with E-state index in [4.69, 9.17) is 11.6 Å². The molecule has 1 aromatic rings. The highest BCUT2D eigenvalue weighted by Crippen LogP contribution is 2.34. The molecule has 0 fully saturated rings. The molecular formula is C9H6ClF3N2O. The van der Waals surface area contributed by atoms with Crippen molar-refractivity contribution in [2.45, 2.75) is 6.18 Å². The van der Waals surface area contributed by atoms with E-state index in [2.05, 4.69) is 11.8 Å². The van der Waals surface area contributed by atoms with E-state index in [9.17, 15) is 18.0 Å². The normalized spacial score (nSPS) is 11.0. The van der Waals surface area contributed by atoms with Gasteiger partial charge < -0.3 is 0 Å². The van der Waals surface area contributed by atoms with Crippen LogP contribution in [0.2, 0.25) is 5.02 Å². The maximum absolute atomic E-state index is 12.5. The summed E-state index contributed by atoms with van der Waals surface area (Å²) >= 11 is 5.54. The maximum Gasteiger partial charge on any atom is 0.417 e. The Morgan fingerprint density at radius 3 is 2.56 bits per heavy atom. The molecule has 0 atom stereocenters. The van der Waals surface area contributed by atoms with Crippen molar-refractivity contribution >= 4 is 24.2 Å². The summed E-state index contributed by atoms with van der Waals surface area (Å²) in [7, 11) is 0. The van der Waals surface area contributed by atoms with Gasteiger partial charge in [-0.25, -0.2) is 5.43 Å². The van der Waals surface area contributed by atoms with Gasteiger partial charge >= 0.3 is 6.18 Å². The molecule has 0 saturated carbocycles. The van der Waals surface area contributed by atoms with Crippen LogP contribution in [0.5, 0.6) is 0 Å². The van der Waals surface area contributed by atoms with E-state index in [1.165, 1.54) is 6.07 Å². The minimum Gasteiger partial charge on any atom is -0.267 e. The van der Waals surface area contributed by atoms with Crippen LogP contribution in [0.4, 0.5) is 13.2 Å². The lowest BCUT2D eigenvalue weighted by molar-refractivity contribution is -0.137. The molecule has 1 N–H and O–H groups in total. The van der Waals surface area contributed by atoms with Crippen LogP contribution in [0, 0.1) is 0 Å². The molecule has 1 amide bonds. The number of hydrazone groups is 1. The fraction of sp³-hybridized carbons (Fsp3) is 0.111. The van der Waals surface area contributed by atoms with E-state index in [1.807, 2.05) is 0 Å². The first kappa shape index (κ1) is 12.5. The van der Waals surface area contributed by atoms with E-state index in [-0.39, 0.29) is 5.02 Å². The van der Waals surface area contributed by atoms with E-state index in [0.29, 0.717) is 0 Å². The molecule has 0 aliphatic rings. The molecule has 3 nitrogen and oxygen atoms in total. The van der Waals surface area contributed by atoms with Gasteiger partial charge in [0.25, 0.3) is 5.91 Å². The number of rotatable bonds is 2. The number of benzene rings is 1. The highest BCUT2D eigenvalue weighted by molar-refractivity contribution is 6.34. The molecule has 0 aliphatic heterocycles. The fourth-order valence-corrected chi connectivity index (χ4v) is 1.38. The second-order valence-corrected chi connectivity index (χ2v) is 3.17. The molecule has 0 saturated heterocycles. The first-order valence-corrected chi connectivity index (χ1v) is 4.37. The van der Waals surface area contributed by atoms with Crippen molar-refractivity contribution in [1.82, 2.24) is 5.43 Å². The van der Waals surface area contributed by atoms with E-state index < -0.39 is 23.2 Å². The van der Waals surface area contributed by atoms with Crippen molar-refractivity contribution in [2.75, 3.05) is 0 Å². The Balaban J connectivity index is 3.35. The molecule has 0 aromatic heterocycles. The van der Waals surface area contributed by atoms with Crippen molar-refractivity contribution in [1.29, 1.82) is 0 Å². The monoisotopic (exact) mass is 250 g/mol. The predicted octanol–water partition coefficient (Wildman–Crippen LogP) is 2.70. The van der Waals surface area contributed by atoms with Crippen LogP contribution in [0.3, 0.4) is 0 Å². The van der Waals surface area contributed by atoms with E-state index in [1.54, 1.807) is 5.43 Å².